The SMILES string of the molecule is Nc1nccn1CCCC1CCCO1. The fourth-order valence-electron chi connectivity index (χ4n) is 1.89. The highest BCUT2D eigenvalue weighted by molar-refractivity contribution is 5.16. The molecular weight excluding hydrogens is 178 g/mol. The molecule has 2 rings (SSSR count). The van der Waals surface area contributed by atoms with Crippen molar-refractivity contribution >= 4 is 5.95 Å². The molecule has 0 amide bonds. The van der Waals surface area contributed by atoms with Gasteiger partial charge in [-0.15, -0.1) is 0 Å². The van der Waals surface area contributed by atoms with Gasteiger partial charge in [0.25, 0.3) is 0 Å². The molecule has 4 heteroatoms. The number of rotatable bonds is 4. The van der Waals surface area contributed by atoms with Crippen molar-refractivity contribution in [3.05, 3.63) is 12.4 Å². The first kappa shape index (κ1) is 9.52. The molecule has 1 aliphatic rings. The van der Waals surface area contributed by atoms with Gasteiger partial charge in [0.1, 0.15) is 0 Å². The highest BCUT2D eigenvalue weighted by Gasteiger charge is 2.14. The maximum atomic E-state index is 5.66. The normalized spacial score (nSPS) is 21.6. The number of anilines is 1. The summed E-state index contributed by atoms with van der Waals surface area (Å²) in [4.78, 5) is 3.98. The average molecular weight is 195 g/mol. The van der Waals surface area contributed by atoms with Crippen molar-refractivity contribution in [3.63, 3.8) is 0 Å². The largest absolute Gasteiger partial charge is 0.378 e. The average Bonchev–Trinajstić information content (AvgIpc) is 2.78. The van der Waals surface area contributed by atoms with Crippen molar-refractivity contribution in [3.8, 4) is 0 Å². The Labute approximate surface area is 84.1 Å². The zero-order chi connectivity index (χ0) is 9.80. The van der Waals surface area contributed by atoms with Crippen LogP contribution in [0.3, 0.4) is 0 Å². The topological polar surface area (TPSA) is 53.1 Å². The number of aromatic nitrogens is 2. The Morgan fingerprint density at radius 1 is 1.64 bits per heavy atom. The first-order valence-electron chi connectivity index (χ1n) is 5.24. The van der Waals surface area contributed by atoms with E-state index < -0.39 is 0 Å². The highest BCUT2D eigenvalue weighted by Crippen LogP contribution is 2.17. The molecule has 1 aromatic heterocycles. The lowest BCUT2D eigenvalue weighted by atomic mass is 10.1. The van der Waals surface area contributed by atoms with Gasteiger partial charge in [0.15, 0.2) is 5.95 Å². The van der Waals surface area contributed by atoms with Crippen molar-refractivity contribution in [1.29, 1.82) is 0 Å². The summed E-state index contributed by atoms with van der Waals surface area (Å²) >= 11 is 0. The lowest BCUT2D eigenvalue weighted by Crippen LogP contribution is -2.08. The second-order valence-electron chi connectivity index (χ2n) is 3.76. The Bertz CT molecular complexity index is 279. The van der Waals surface area contributed by atoms with Crippen molar-refractivity contribution < 1.29 is 4.74 Å². The summed E-state index contributed by atoms with van der Waals surface area (Å²) in [6, 6.07) is 0. The Hall–Kier alpha value is -1.03. The minimum Gasteiger partial charge on any atom is -0.378 e. The van der Waals surface area contributed by atoms with E-state index in [2.05, 4.69) is 4.98 Å². The molecular formula is C10H17N3O. The lowest BCUT2D eigenvalue weighted by molar-refractivity contribution is 0.101. The van der Waals surface area contributed by atoms with Gasteiger partial charge in [0.2, 0.25) is 0 Å². The Kier molecular flexibility index (Phi) is 3.03. The van der Waals surface area contributed by atoms with Crippen molar-refractivity contribution in [1.82, 2.24) is 9.55 Å². The third-order valence-corrected chi connectivity index (χ3v) is 2.70. The second-order valence-corrected chi connectivity index (χ2v) is 3.76. The van der Waals surface area contributed by atoms with Gasteiger partial charge in [-0.1, -0.05) is 0 Å². The highest BCUT2D eigenvalue weighted by atomic mass is 16.5. The predicted octanol–water partition coefficient (Wildman–Crippen LogP) is 1.42. The maximum Gasteiger partial charge on any atom is 0.200 e. The summed E-state index contributed by atoms with van der Waals surface area (Å²) in [5.74, 6) is 0.609. The van der Waals surface area contributed by atoms with Gasteiger partial charge in [0, 0.05) is 25.5 Å². The summed E-state index contributed by atoms with van der Waals surface area (Å²) in [5, 5.41) is 0. The number of nitrogens with two attached hydrogens (primary N) is 1. The molecule has 2 heterocycles. The van der Waals surface area contributed by atoms with E-state index in [0.717, 1.165) is 26.0 Å². The zero-order valence-electron chi connectivity index (χ0n) is 8.35. The van der Waals surface area contributed by atoms with E-state index in [4.69, 9.17) is 10.5 Å². The molecule has 78 valence electrons. The quantitative estimate of drug-likeness (QED) is 0.790. The number of imidazole rings is 1. The third kappa shape index (κ3) is 2.26. The Morgan fingerprint density at radius 2 is 2.57 bits per heavy atom. The van der Waals surface area contributed by atoms with Crippen LogP contribution in [0.25, 0.3) is 0 Å². The van der Waals surface area contributed by atoms with Gasteiger partial charge in [-0.3, -0.25) is 0 Å². The van der Waals surface area contributed by atoms with E-state index in [9.17, 15) is 0 Å². The molecule has 14 heavy (non-hydrogen) atoms. The smallest absolute Gasteiger partial charge is 0.200 e. The van der Waals surface area contributed by atoms with Crippen LogP contribution in [0.1, 0.15) is 25.7 Å². The molecule has 0 aromatic carbocycles. The maximum absolute atomic E-state index is 5.66. The molecule has 1 aromatic rings. The van der Waals surface area contributed by atoms with E-state index >= 15 is 0 Å². The van der Waals surface area contributed by atoms with E-state index in [-0.39, 0.29) is 0 Å². The van der Waals surface area contributed by atoms with E-state index in [1.54, 1.807) is 6.20 Å². The predicted molar refractivity (Wildman–Crippen MR) is 54.8 cm³/mol. The van der Waals surface area contributed by atoms with Crippen LogP contribution in [0.5, 0.6) is 0 Å². The number of nitrogens with zero attached hydrogens (tertiary/aromatic N) is 2. The van der Waals surface area contributed by atoms with Crippen molar-refractivity contribution in [2.24, 2.45) is 0 Å². The minimum absolute atomic E-state index is 0.486. The standard InChI is InChI=1S/C10H17N3O/c11-10-12-5-7-13(10)6-1-3-9-4-2-8-14-9/h5,7,9H,1-4,6,8H2,(H2,11,12). The molecule has 0 radical (unpaired) electrons. The van der Waals surface area contributed by atoms with Crippen molar-refractivity contribution in [2.75, 3.05) is 12.3 Å². The van der Waals surface area contributed by atoms with Crippen LogP contribution < -0.4 is 5.73 Å². The van der Waals surface area contributed by atoms with Gasteiger partial charge in [0.05, 0.1) is 6.10 Å². The van der Waals surface area contributed by atoms with Crippen LogP contribution in [-0.4, -0.2) is 22.3 Å². The van der Waals surface area contributed by atoms with Crippen LogP contribution >= 0.6 is 0 Å². The third-order valence-electron chi connectivity index (χ3n) is 2.70. The van der Waals surface area contributed by atoms with E-state index in [1.807, 2.05) is 10.8 Å². The van der Waals surface area contributed by atoms with Gasteiger partial charge in [-0.2, -0.15) is 0 Å². The van der Waals surface area contributed by atoms with Gasteiger partial charge < -0.3 is 15.0 Å². The number of aryl methyl sites for hydroxylation is 1. The van der Waals surface area contributed by atoms with Gasteiger partial charge in [-0.05, 0) is 25.7 Å². The molecule has 1 aliphatic heterocycles. The van der Waals surface area contributed by atoms with Crippen LogP contribution in [0.15, 0.2) is 12.4 Å². The van der Waals surface area contributed by atoms with Crippen molar-refractivity contribution in [2.45, 2.75) is 38.3 Å². The summed E-state index contributed by atoms with van der Waals surface area (Å²) in [6.45, 7) is 1.89. The summed E-state index contributed by atoms with van der Waals surface area (Å²) in [7, 11) is 0. The molecule has 1 fully saturated rings. The van der Waals surface area contributed by atoms with Crippen LogP contribution in [0.2, 0.25) is 0 Å². The van der Waals surface area contributed by atoms with E-state index in [0.29, 0.717) is 12.1 Å². The fourth-order valence-corrected chi connectivity index (χ4v) is 1.89. The second kappa shape index (κ2) is 4.46. The van der Waals surface area contributed by atoms with Crippen LogP contribution in [0.4, 0.5) is 5.95 Å². The number of nitrogen functional groups attached to an aromatic ring is 1. The first-order chi connectivity index (χ1) is 6.86. The molecule has 0 aliphatic carbocycles. The fraction of sp³-hybridized carbons (Fsp3) is 0.700. The summed E-state index contributed by atoms with van der Waals surface area (Å²) < 4.78 is 7.53. The van der Waals surface area contributed by atoms with Gasteiger partial charge in [-0.25, -0.2) is 4.98 Å². The molecule has 0 bridgehead atoms. The minimum atomic E-state index is 0.486. The molecule has 0 saturated carbocycles. The number of hydrogen-bond donors (Lipinski definition) is 1. The molecule has 1 saturated heterocycles. The molecule has 1 atom stereocenters. The number of hydrogen-bond acceptors (Lipinski definition) is 3. The monoisotopic (exact) mass is 195 g/mol. The number of ether oxygens (including phenoxy) is 1. The zero-order valence-corrected chi connectivity index (χ0v) is 8.35. The first-order valence-corrected chi connectivity index (χ1v) is 5.24. The molecule has 0 spiro atoms. The molecule has 1 unspecified atom stereocenters. The summed E-state index contributed by atoms with van der Waals surface area (Å²) in [6.07, 6.45) is 8.84. The summed E-state index contributed by atoms with van der Waals surface area (Å²) in [5.41, 5.74) is 5.66. The van der Waals surface area contributed by atoms with E-state index in [1.165, 1.54) is 12.8 Å². The van der Waals surface area contributed by atoms with Crippen LogP contribution in [0, 0.1) is 0 Å². The van der Waals surface area contributed by atoms with Crippen LogP contribution in [-0.2, 0) is 11.3 Å². The lowest BCUT2D eigenvalue weighted by Gasteiger charge is -2.09. The van der Waals surface area contributed by atoms with Gasteiger partial charge >= 0.3 is 0 Å². The Balaban J connectivity index is 1.70. The molecule has 4 nitrogen and oxygen atoms in total. The Morgan fingerprint density at radius 3 is 3.21 bits per heavy atom. The molecule has 2 N–H and O–H groups in total.